The third-order valence-corrected chi connectivity index (χ3v) is 4.53. The number of urea groups is 1. The predicted octanol–water partition coefficient (Wildman–Crippen LogP) is 2.29. The first kappa shape index (κ1) is 14.9. The third-order valence-electron chi connectivity index (χ3n) is 4.53. The van der Waals surface area contributed by atoms with Gasteiger partial charge in [-0.05, 0) is 38.0 Å². The summed E-state index contributed by atoms with van der Waals surface area (Å²) in [4.78, 5) is 23.1. The van der Waals surface area contributed by atoms with Gasteiger partial charge in [0.15, 0.2) is 0 Å². The zero-order valence-corrected chi connectivity index (χ0v) is 11.9. The van der Waals surface area contributed by atoms with E-state index >= 15 is 0 Å². The van der Waals surface area contributed by atoms with E-state index in [1.165, 1.54) is 0 Å². The van der Waals surface area contributed by atoms with Crippen LogP contribution in [-0.4, -0.2) is 30.2 Å². The number of allylic oxidation sites excluding steroid dienone is 2. The number of aliphatic carboxylic acids is 1. The molecule has 0 aromatic carbocycles. The van der Waals surface area contributed by atoms with Gasteiger partial charge in [0.2, 0.25) is 0 Å². The van der Waals surface area contributed by atoms with Gasteiger partial charge in [0, 0.05) is 13.1 Å². The van der Waals surface area contributed by atoms with Crippen LogP contribution in [0.5, 0.6) is 0 Å². The summed E-state index contributed by atoms with van der Waals surface area (Å²) in [6, 6.07) is -0.243. The average molecular weight is 280 g/mol. The van der Waals surface area contributed by atoms with E-state index in [0.717, 1.165) is 32.1 Å². The molecule has 20 heavy (non-hydrogen) atoms. The summed E-state index contributed by atoms with van der Waals surface area (Å²) in [7, 11) is 0. The van der Waals surface area contributed by atoms with Crippen molar-refractivity contribution < 1.29 is 14.7 Å². The minimum atomic E-state index is -0.785. The Morgan fingerprint density at radius 1 is 1.20 bits per heavy atom. The fourth-order valence-electron chi connectivity index (χ4n) is 3.11. The smallest absolute Gasteiger partial charge is 0.314 e. The van der Waals surface area contributed by atoms with Crippen LogP contribution in [0.3, 0.4) is 0 Å². The second-order valence-electron chi connectivity index (χ2n) is 6.01. The second-order valence-corrected chi connectivity index (χ2v) is 6.01. The Morgan fingerprint density at radius 3 is 2.55 bits per heavy atom. The van der Waals surface area contributed by atoms with Crippen LogP contribution in [0.4, 0.5) is 4.79 Å². The van der Waals surface area contributed by atoms with Crippen molar-refractivity contribution in [3.63, 3.8) is 0 Å². The van der Waals surface area contributed by atoms with Crippen LogP contribution in [-0.2, 0) is 4.79 Å². The average Bonchev–Trinajstić information content (AvgIpc) is 2.94. The molecule has 0 aromatic heterocycles. The number of hydrogen-bond acceptors (Lipinski definition) is 2. The van der Waals surface area contributed by atoms with E-state index in [0.29, 0.717) is 25.3 Å². The van der Waals surface area contributed by atoms with Crippen LogP contribution in [0, 0.1) is 11.3 Å². The molecule has 0 heterocycles. The third kappa shape index (κ3) is 3.74. The van der Waals surface area contributed by atoms with Crippen molar-refractivity contribution in [1.82, 2.24) is 10.6 Å². The molecule has 3 N–H and O–H groups in total. The second kappa shape index (κ2) is 6.77. The van der Waals surface area contributed by atoms with Crippen LogP contribution in [0.2, 0.25) is 0 Å². The van der Waals surface area contributed by atoms with Gasteiger partial charge in [-0.3, -0.25) is 4.79 Å². The standard InChI is InChI=1S/C15H24N2O3/c18-13(19)15(8-4-5-9-15)11-17-14(20)16-10-12-6-2-1-3-7-12/h1-2,12H,3-11H2,(H,18,19)(H2,16,17,20). The van der Waals surface area contributed by atoms with Crippen molar-refractivity contribution in [3.05, 3.63) is 12.2 Å². The minimum Gasteiger partial charge on any atom is -0.481 e. The molecule has 2 rings (SSSR count). The van der Waals surface area contributed by atoms with Gasteiger partial charge in [0.1, 0.15) is 0 Å². The lowest BCUT2D eigenvalue weighted by Crippen LogP contribution is -2.46. The van der Waals surface area contributed by atoms with Gasteiger partial charge < -0.3 is 15.7 Å². The van der Waals surface area contributed by atoms with E-state index in [2.05, 4.69) is 22.8 Å². The Bertz CT molecular complexity index is 387. The molecule has 5 heteroatoms. The summed E-state index contributed by atoms with van der Waals surface area (Å²) >= 11 is 0. The molecule has 1 fully saturated rings. The molecule has 1 atom stereocenters. The lowest BCUT2D eigenvalue weighted by Gasteiger charge is -2.24. The summed E-state index contributed by atoms with van der Waals surface area (Å²) in [5, 5.41) is 14.9. The van der Waals surface area contributed by atoms with Crippen molar-refractivity contribution in [2.75, 3.05) is 13.1 Å². The van der Waals surface area contributed by atoms with Gasteiger partial charge >= 0.3 is 12.0 Å². The zero-order valence-electron chi connectivity index (χ0n) is 11.9. The normalized spacial score (nSPS) is 24.3. The van der Waals surface area contributed by atoms with E-state index in [4.69, 9.17) is 0 Å². The number of rotatable bonds is 5. The number of hydrogen-bond donors (Lipinski definition) is 3. The number of amides is 2. The number of nitrogens with one attached hydrogen (secondary N) is 2. The van der Waals surface area contributed by atoms with Crippen molar-refractivity contribution in [2.24, 2.45) is 11.3 Å². The minimum absolute atomic E-state index is 0.235. The summed E-state index contributed by atoms with van der Waals surface area (Å²) in [6.45, 7) is 0.898. The quantitative estimate of drug-likeness (QED) is 0.676. The van der Waals surface area contributed by atoms with Crippen molar-refractivity contribution in [3.8, 4) is 0 Å². The molecule has 0 spiro atoms. The molecule has 0 radical (unpaired) electrons. The van der Waals surface area contributed by atoms with Gasteiger partial charge in [0.05, 0.1) is 5.41 Å². The molecule has 2 amide bonds. The molecular weight excluding hydrogens is 256 g/mol. The molecular formula is C15H24N2O3. The summed E-state index contributed by atoms with van der Waals surface area (Å²) < 4.78 is 0. The van der Waals surface area contributed by atoms with Gasteiger partial charge in [-0.2, -0.15) is 0 Å². The van der Waals surface area contributed by atoms with Crippen LogP contribution in [0.15, 0.2) is 12.2 Å². The molecule has 0 saturated heterocycles. The van der Waals surface area contributed by atoms with Gasteiger partial charge in [-0.25, -0.2) is 4.79 Å². The lowest BCUT2D eigenvalue weighted by atomic mass is 9.86. The predicted molar refractivity (Wildman–Crippen MR) is 76.4 cm³/mol. The highest BCUT2D eigenvalue weighted by Crippen LogP contribution is 2.37. The zero-order chi connectivity index (χ0) is 14.4. The summed E-state index contributed by atoms with van der Waals surface area (Å²) in [5.74, 6) is -0.279. The highest BCUT2D eigenvalue weighted by molar-refractivity contribution is 5.78. The molecule has 5 nitrogen and oxygen atoms in total. The monoisotopic (exact) mass is 280 g/mol. The fourth-order valence-corrected chi connectivity index (χ4v) is 3.11. The molecule has 1 saturated carbocycles. The Hall–Kier alpha value is -1.52. The van der Waals surface area contributed by atoms with Crippen LogP contribution in [0.25, 0.3) is 0 Å². The van der Waals surface area contributed by atoms with Crippen molar-refractivity contribution >= 4 is 12.0 Å². The van der Waals surface area contributed by atoms with E-state index in [9.17, 15) is 14.7 Å². The number of carboxylic acids is 1. The SMILES string of the molecule is O=C(NCC1CC=CCC1)NCC1(C(=O)O)CCCC1. The van der Waals surface area contributed by atoms with E-state index in [1.54, 1.807) is 0 Å². The van der Waals surface area contributed by atoms with Crippen LogP contribution >= 0.6 is 0 Å². The lowest BCUT2D eigenvalue weighted by molar-refractivity contribution is -0.148. The number of carbonyl (C=O) groups excluding carboxylic acids is 1. The number of carbonyl (C=O) groups is 2. The van der Waals surface area contributed by atoms with Crippen molar-refractivity contribution in [1.29, 1.82) is 0 Å². The van der Waals surface area contributed by atoms with Gasteiger partial charge in [-0.15, -0.1) is 0 Å². The summed E-state index contributed by atoms with van der Waals surface area (Å²) in [5.41, 5.74) is -0.745. The van der Waals surface area contributed by atoms with E-state index < -0.39 is 11.4 Å². The highest BCUT2D eigenvalue weighted by Gasteiger charge is 2.41. The maximum absolute atomic E-state index is 11.8. The maximum atomic E-state index is 11.8. The maximum Gasteiger partial charge on any atom is 0.314 e. The number of carboxylic acid groups (broad SMARTS) is 1. The molecule has 112 valence electrons. The first-order valence-electron chi connectivity index (χ1n) is 7.52. The summed E-state index contributed by atoms with van der Waals surface area (Å²) in [6.07, 6.45) is 10.7. The Balaban J connectivity index is 1.71. The first-order chi connectivity index (χ1) is 9.62. The highest BCUT2D eigenvalue weighted by atomic mass is 16.4. The van der Waals surface area contributed by atoms with Crippen molar-refractivity contribution in [2.45, 2.75) is 44.9 Å². The molecule has 0 bridgehead atoms. The largest absolute Gasteiger partial charge is 0.481 e. The first-order valence-corrected chi connectivity index (χ1v) is 7.52. The molecule has 2 aliphatic carbocycles. The topological polar surface area (TPSA) is 78.4 Å². The Labute approximate surface area is 119 Å². The molecule has 1 unspecified atom stereocenters. The van der Waals surface area contributed by atoms with Gasteiger partial charge in [-0.1, -0.05) is 25.0 Å². The van der Waals surface area contributed by atoms with Crippen LogP contribution in [0.1, 0.15) is 44.9 Å². The van der Waals surface area contributed by atoms with E-state index in [1.807, 2.05) is 0 Å². The molecule has 2 aliphatic rings. The molecule has 0 aliphatic heterocycles. The van der Waals surface area contributed by atoms with Crippen LogP contribution < -0.4 is 10.6 Å². The van der Waals surface area contributed by atoms with E-state index in [-0.39, 0.29) is 12.6 Å². The van der Waals surface area contributed by atoms with Gasteiger partial charge in [0.25, 0.3) is 0 Å². The molecule has 0 aromatic rings. The fraction of sp³-hybridized carbons (Fsp3) is 0.733. The Kier molecular flexibility index (Phi) is 5.04. The Morgan fingerprint density at radius 2 is 1.95 bits per heavy atom.